The lowest BCUT2D eigenvalue weighted by Crippen LogP contribution is -2.44. The van der Waals surface area contributed by atoms with Crippen LogP contribution < -0.4 is 15.5 Å². The number of hydrogen-bond donors (Lipinski definition) is 2. The molecule has 3 amide bonds. The number of aromatic nitrogens is 1. The zero-order valence-electron chi connectivity index (χ0n) is 14.4. The Bertz CT molecular complexity index is 795. The van der Waals surface area contributed by atoms with Crippen LogP contribution in [0.1, 0.15) is 13.3 Å². The number of rotatable bonds is 5. The minimum Gasteiger partial charge on any atom is -0.344 e. The summed E-state index contributed by atoms with van der Waals surface area (Å²) in [6.07, 6.45) is 3.27. The molecule has 1 saturated heterocycles. The molecule has 26 heavy (non-hydrogen) atoms. The van der Waals surface area contributed by atoms with Crippen molar-refractivity contribution in [2.45, 2.75) is 19.4 Å². The molecule has 7 heteroatoms. The molecule has 2 aromatic rings. The highest BCUT2D eigenvalue weighted by atomic mass is 16.2. The third-order valence-corrected chi connectivity index (χ3v) is 4.24. The highest BCUT2D eigenvalue weighted by molar-refractivity contribution is 6.02. The summed E-state index contributed by atoms with van der Waals surface area (Å²) in [5.41, 5.74) is 1.33. The van der Waals surface area contributed by atoms with Gasteiger partial charge in [-0.05, 0) is 31.2 Å². The van der Waals surface area contributed by atoms with Crippen molar-refractivity contribution >= 4 is 29.1 Å². The predicted molar refractivity (Wildman–Crippen MR) is 97.4 cm³/mol. The number of para-hydroxylation sites is 1. The summed E-state index contributed by atoms with van der Waals surface area (Å²) in [7, 11) is 0. The van der Waals surface area contributed by atoms with E-state index in [0.29, 0.717) is 12.2 Å². The zero-order chi connectivity index (χ0) is 18.5. The van der Waals surface area contributed by atoms with Crippen LogP contribution >= 0.6 is 0 Å². The Hall–Kier alpha value is -3.22. The molecule has 0 unspecified atom stereocenters. The highest BCUT2D eigenvalue weighted by Gasteiger charge is 2.35. The molecule has 1 aromatic carbocycles. The number of anilines is 2. The number of pyridine rings is 1. The van der Waals surface area contributed by atoms with Gasteiger partial charge in [0, 0.05) is 24.8 Å². The van der Waals surface area contributed by atoms with Crippen LogP contribution in [0.4, 0.5) is 11.4 Å². The number of amides is 3. The molecule has 134 valence electrons. The lowest BCUT2D eigenvalue weighted by atomic mass is 10.1. The molecule has 3 rings (SSSR count). The van der Waals surface area contributed by atoms with Gasteiger partial charge >= 0.3 is 0 Å². The predicted octanol–water partition coefficient (Wildman–Crippen LogP) is 1.58. The van der Waals surface area contributed by atoms with E-state index in [1.807, 2.05) is 30.3 Å². The van der Waals surface area contributed by atoms with E-state index in [-0.39, 0.29) is 24.1 Å². The van der Waals surface area contributed by atoms with Crippen LogP contribution in [0.5, 0.6) is 0 Å². The van der Waals surface area contributed by atoms with E-state index >= 15 is 0 Å². The van der Waals surface area contributed by atoms with Crippen molar-refractivity contribution in [3.05, 3.63) is 54.9 Å². The van der Waals surface area contributed by atoms with Crippen LogP contribution in [0.15, 0.2) is 54.9 Å². The van der Waals surface area contributed by atoms with Crippen molar-refractivity contribution < 1.29 is 14.4 Å². The second-order valence-corrected chi connectivity index (χ2v) is 6.20. The lowest BCUT2D eigenvalue weighted by molar-refractivity contribution is -0.129. The van der Waals surface area contributed by atoms with Crippen LogP contribution in [0.25, 0.3) is 0 Å². The summed E-state index contributed by atoms with van der Waals surface area (Å²) in [6.45, 7) is 1.92. The Morgan fingerprint density at radius 1 is 1.19 bits per heavy atom. The van der Waals surface area contributed by atoms with Gasteiger partial charge in [0.1, 0.15) is 6.04 Å². The highest BCUT2D eigenvalue weighted by Crippen LogP contribution is 2.24. The first-order valence-corrected chi connectivity index (χ1v) is 8.41. The van der Waals surface area contributed by atoms with Gasteiger partial charge in [-0.3, -0.25) is 19.4 Å². The molecule has 1 aliphatic rings. The fourth-order valence-corrected chi connectivity index (χ4v) is 2.82. The average molecular weight is 352 g/mol. The first-order chi connectivity index (χ1) is 12.5. The van der Waals surface area contributed by atoms with E-state index in [9.17, 15) is 14.4 Å². The third kappa shape index (κ3) is 4.05. The molecule has 7 nitrogen and oxygen atoms in total. The Morgan fingerprint density at radius 2 is 1.96 bits per heavy atom. The van der Waals surface area contributed by atoms with Gasteiger partial charge in [-0.25, -0.2) is 0 Å². The Morgan fingerprint density at radius 3 is 2.65 bits per heavy atom. The van der Waals surface area contributed by atoms with Crippen molar-refractivity contribution in [2.24, 2.45) is 5.92 Å². The van der Waals surface area contributed by atoms with E-state index in [0.717, 1.165) is 5.69 Å². The average Bonchev–Trinajstić information content (AvgIpc) is 3.05. The van der Waals surface area contributed by atoms with Gasteiger partial charge in [-0.15, -0.1) is 0 Å². The second kappa shape index (κ2) is 7.77. The number of carbonyl (C=O) groups excluding carboxylic acids is 3. The fraction of sp³-hybridized carbons (Fsp3) is 0.263. The van der Waals surface area contributed by atoms with Crippen molar-refractivity contribution in [3.8, 4) is 0 Å². The SMILES string of the molecule is C[C@H](NC(=O)[C@H]1CC(=O)N(c2ccccc2)C1)C(=O)Nc1cccnc1. The van der Waals surface area contributed by atoms with Gasteiger partial charge in [0.05, 0.1) is 17.8 Å². The van der Waals surface area contributed by atoms with E-state index < -0.39 is 12.0 Å². The summed E-state index contributed by atoms with van der Waals surface area (Å²) >= 11 is 0. The molecule has 1 aliphatic heterocycles. The molecule has 2 heterocycles. The minimum absolute atomic E-state index is 0.0937. The normalized spacial score (nSPS) is 17.7. The molecular formula is C19H20N4O3. The monoisotopic (exact) mass is 352 g/mol. The molecule has 2 atom stereocenters. The van der Waals surface area contributed by atoms with Crippen LogP contribution in [0.2, 0.25) is 0 Å². The smallest absolute Gasteiger partial charge is 0.246 e. The Balaban J connectivity index is 1.56. The van der Waals surface area contributed by atoms with Crippen molar-refractivity contribution in [1.29, 1.82) is 0 Å². The van der Waals surface area contributed by atoms with Crippen LogP contribution in [-0.2, 0) is 14.4 Å². The van der Waals surface area contributed by atoms with Gasteiger partial charge in [-0.2, -0.15) is 0 Å². The minimum atomic E-state index is -0.719. The Labute approximate surface area is 151 Å². The molecule has 0 radical (unpaired) electrons. The summed E-state index contributed by atoms with van der Waals surface area (Å²) in [6, 6.07) is 11.9. The second-order valence-electron chi connectivity index (χ2n) is 6.20. The van der Waals surface area contributed by atoms with Crippen LogP contribution in [0, 0.1) is 5.92 Å². The maximum absolute atomic E-state index is 12.5. The lowest BCUT2D eigenvalue weighted by Gasteiger charge is -2.18. The van der Waals surface area contributed by atoms with Crippen LogP contribution in [0.3, 0.4) is 0 Å². The van der Waals surface area contributed by atoms with E-state index in [4.69, 9.17) is 0 Å². The largest absolute Gasteiger partial charge is 0.344 e. The van der Waals surface area contributed by atoms with Crippen LogP contribution in [-0.4, -0.2) is 35.3 Å². The number of hydrogen-bond acceptors (Lipinski definition) is 4. The molecule has 0 saturated carbocycles. The van der Waals surface area contributed by atoms with Crippen molar-refractivity contribution in [1.82, 2.24) is 10.3 Å². The zero-order valence-corrected chi connectivity index (χ0v) is 14.4. The van der Waals surface area contributed by atoms with E-state index in [2.05, 4.69) is 15.6 Å². The Kier molecular flexibility index (Phi) is 5.26. The van der Waals surface area contributed by atoms with Crippen molar-refractivity contribution in [2.75, 3.05) is 16.8 Å². The quantitative estimate of drug-likeness (QED) is 0.855. The first kappa shape index (κ1) is 17.6. The van der Waals surface area contributed by atoms with E-state index in [1.54, 1.807) is 30.2 Å². The first-order valence-electron chi connectivity index (χ1n) is 8.41. The molecular weight excluding hydrogens is 332 g/mol. The topological polar surface area (TPSA) is 91.4 Å². The molecule has 0 aliphatic carbocycles. The molecule has 0 spiro atoms. The molecule has 1 fully saturated rings. The summed E-state index contributed by atoms with van der Waals surface area (Å²) < 4.78 is 0. The van der Waals surface area contributed by atoms with Gasteiger partial charge in [-0.1, -0.05) is 18.2 Å². The number of benzene rings is 1. The number of nitrogens with one attached hydrogen (secondary N) is 2. The summed E-state index contributed by atoms with van der Waals surface area (Å²) in [5.74, 6) is -1.21. The standard InChI is InChI=1S/C19H20N4O3/c1-13(18(25)22-15-6-5-9-20-11-15)21-19(26)14-10-17(24)23(12-14)16-7-3-2-4-8-16/h2-9,11,13-14H,10,12H2,1H3,(H,21,26)(H,22,25)/t13-,14-/m0/s1. The maximum atomic E-state index is 12.5. The fourth-order valence-electron chi connectivity index (χ4n) is 2.82. The maximum Gasteiger partial charge on any atom is 0.246 e. The molecule has 1 aromatic heterocycles. The number of carbonyl (C=O) groups is 3. The number of nitrogens with zero attached hydrogens (tertiary/aromatic N) is 2. The van der Waals surface area contributed by atoms with E-state index in [1.165, 1.54) is 6.20 Å². The van der Waals surface area contributed by atoms with Gasteiger partial charge in [0.15, 0.2) is 0 Å². The van der Waals surface area contributed by atoms with Crippen molar-refractivity contribution in [3.63, 3.8) is 0 Å². The van der Waals surface area contributed by atoms with Gasteiger partial charge in [0.2, 0.25) is 17.7 Å². The molecule has 2 N–H and O–H groups in total. The molecule has 0 bridgehead atoms. The van der Waals surface area contributed by atoms with Gasteiger partial charge < -0.3 is 15.5 Å². The summed E-state index contributed by atoms with van der Waals surface area (Å²) in [5, 5.41) is 5.37. The summed E-state index contributed by atoms with van der Waals surface area (Å²) in [4.78, 5) is 42.4. The van der Waals surface area contributed by atoms with Gasteiger partial charge in [0.25, 0.3) is 0 Å². The third-order valence-electron chi connectivity index (χ3n) is 4.24.